The van der Waals surface area contributed by atoms with Crippen molar-refractivity contribution in [3.05, 3.63) is 175 Å². The molecule has 0 fully saturated rings. The third-order valence-electron chi connectivity index (χ3n) is 10.1. The van der Waals surface area contributed by atoms with Crippen LogP contribution in [-0.2, 0) is 0 Å². The number of fused-ring (bicyclic) bond motifs is 6. The van der Waals surface area contributed by atoms with E-state index in [0.29, 0.717) is 17.6 Å². The first-order chi connectivity index (χ1) is 25.6. The lowest BCUT2D eigenvalue weighted by Crippen LogP contribution is -2.06. The maximum Gasteiger partial charge on any atom is 0.238 e. The molecule has 5 nitrogen and oxygen atoms in total. The van der Waals surface area contributed by atoms with Gasteiger partial charge < -0.3 is 4.57 Å². The Morgan fingerprint density at radius 1 is 0.346 bits per heavy atom. The van der Waals surface area contributed by atoms with Crippen LogP contribution in [0.15, 0.2) is 164 Å². The molecular weight excluding hydrogens is 635 g/mol. The van der Waals surface area contributed by atoms with Crippen LogP contribution in [0.5, 0.6) is 0 Å². The van der Waals surface area contributed by atoms with Gasteiger partial charge in [-0.15, -0.1) is 0 Å². The van der Waals surface area contributed by atoms with Gasteiger partial charge in [-0.2, -0.15) is 9.97 Å². The van der Waals surface area contributed by atoms with Gasteiger partial charge in [0.05, 0.1) is 22.1 Å². The molecule has 246 valence electrons. The molecule has 0 bridgehead atoms. The van der Waals surface area contributed by atoms with E-state index in [-0.39, 0.29) is 0 Å². The van der Waals surface area contributed by atoms with E-state index >= 15 is 0 Å². The van der Waals surface area contributed by atoms with Crippen molar-refractivity contribution >= 4 is 43.6 Å². The molecular formula is C47H33N5. The Morgan fingerprint density at radius 2 is 0.769 bits per heavy atom. The van der Waals surface area contributed by atoms with E-state index in [4.69, 9.17) is 15.0 Å². The molecule has 0 spiro atoms. The van der Waals surface area contributed by atoms with Gasteiger partial charge in [-0.3, -0.25) is 4.57 Å². The fourth-order valence-electron chi connectivity index (χ4n) is 7.50. The van der Waals surface area contributed by atoms with Gasteiger partial charge in [-0.25, -0.2) is 4.98 Å². The van der Waals surface area contributed by atoms with Crippen LogP contribution in [0.25, 0.3) is 89.2 Å². The summed E-state index contributed by atoms with van der Waals surface area (Å²) in [4.78, 5) is 15.2. The average molecular weight is 668 g/mol. The quantitative estimate of drug-likeness (QED) is 0.184. The van der Waals surface area contributed by atoms with Crippen LogP contribution in [0.1, 0.15) is 11.1 Å². The van der Waals surface area contributed by atoms with E-state index in [0.717, 1.165) is 44.2 Å². The normalized spacial score (nSPS) is 11.7. The molecule has 7 aromatic carbocycles. The van der Waals surface area contributed by atoms with Crippen LogP contribution in [-0.4, -0.2) is 24.1 Å². The van der Waals surface area contributed by atoms with Crippen LogP contribution in [0.3, 0.4) is 0 Å². The summed E-state index contributed by atoms with van der Waals surface area (Å²) in [5.74, 6) is 1.88. The highest BCUT2D eigenvalue weighted by Gasteiger charge is 2.19. The van der Waals surface area contributed by atoms with Crippen molar-refractivity contribution in [2.75, 3.05) is 0 Å². The van der Waals surface area contributed by atoms with Crippen LogP contribution < -0.4 is 0 Å². The fourth-order valence-corrected chi connectivity index (χ4v) is 7.50. The second kappa shape index (κ2) is 11.9. The first-order valence-electron chi connectivity index (χ1n) is 17.6. The van der Waals surface area contributed by atoms with Crippen molar-refractivity contribution in [3.8, 4) is 45.5 Å². The average Bonchev–Trinajstić information content (AvgIpc) is 3.71. The molecule has 3 heterocycles. The van der Waals surface area contributed by atoms with Gasteiger partial charge in [0.1, 0.15) is 0 Å². The van der Waals surface area contributed by atoms with Crippen LogP contribution in [0.4, 0.5) is 0 Å². The Kier molecular flexibility index (Phi) is 6.86. The zero-order valence-electron chi connectivity index (χ0n) is 28.8. The second-order valence-corrected chi connectivity index (χ2v) is 13.5. The first kappa shape index (κ1) is 30.0. The van der Waals surface area contributed by atoms with E-state index in [9.17, 15) is 0 Å². The van der Waals surface area contributed by atoms with E-state index in [1.165, 1.54) is 38.5 Å². The molecule has 0 aliphatic heterocycles. The maximum atomic E-state index is 5.13. The zero-order valence-corrected chi connectivity index (χ0v) is 28.8. The van der Waals surface area contributed by atoms with Crippen molar-refractivity contribution in [1.82, 2.24) is 24.1 Å². The third-order valence-corrected chi connectivity index (χ3v) is 10.1. The monoisotopic (exact) mass is 667 g/mol. The number of hydrogen-bond acceptors (Lipinski definition) is 3. The molecule has 3 aromatic heterocycles. The number of nitrogens with zero attached hydrogens (tertiary/aromatic N) is 5. The summed E-state index contributed by atoms with van der Waals surface area (Å²) in [5, 5.41) is 4.77. The lowest BCUT2D eigenvalue weighted by Gasteiger charge is -2.11. The van der Waals surface area contributed by atoms with E-state index in [1.807, 2.05) is 0 Å². The summed E-state index contributed by atoms with van der Waals surface area (Å²) in [6, 6.07) is 58.1. The van der Waals surface area contributed by atoms with Crippen LogP contribution >= 0.6 is 0 Å². The van der Waals surface area contributed by atoms with E-state index < -0.39 is 0 Å². The molecule has 5 heteroatoms. The molecule has 0 saturated carbocycles. The van der Waals surface area contributed by atoms with Gasteiger partial charge in [0.2, 0.25) is 5.95 Å². The number of rotatable bonds is 5. The van der Waals surface area contributed by atoms with Crippen molar-refractivity contribution < 1.29 is 0 Å². The van der Waals surface area contributed by atoms with Crippen molar-refractivity contribution in [2.45, 2.75) is 13.8 Å². The number of aromatic nitrogens is 5. The summed E-state index contributed by atoms with van der Waals surface area (Å²) in [5.41, 5.74) is 12.3. The molecule has 0 N–H and O–H groups in total. The van der Waals surface area contributed by atoms with Crippen molar-refractivity contribution in [2.24, 2.45) is 0 Å². The smallest absolute Gasteiger partial charge is 0.238 e. The minimum absolute atomic E-state index is 0.593. The minimum atomic E-state index is 0.593. The number of aryl methyl sites for hydroxylation is 2. The number of benzene rings is 7. The zero-order chi connectivity index (χ0) is 34.8. The Balaban J connectivity index is 1.17. The van der Waals surface area contributed by atoms with Gasteiger partial charge >= 0.3 is 0 Å². The Hall–Kier alpha value is -6.85. The van der Waals surface area contributed by atoms with E-state index in [1.54, 1.807) is 0 Å². The summed E-state index contributed by atoms with van der Waals surface area (Å²) in [7, 11) is 0. The predicted octanol–water partition coefficient (Wildman–Crippen LogP) is 11.7. The lowest BCUT2D eigenvalue weighted by atomic mass is 10.0. The van der Waals surface area contributed by atoms with Gasteiger partial charge in [0.25, 0.3) is 0 Å². The third kappa shape index (κ3) is 4.89. The maximum absolute atomic E-state index is 5.13. The predicted molar refractivity (Wildman–Crippen MR) is 214 cm³/mol. The molecule has 52 heavy (non-hydrogen) atoms. The van der Waals surface area contributed by atoms with Gasteiger partial charge in [-0.1, -0.05) is 126 Å². The van der Waals surface area contributed by atoms with E-state index in [2.05, 4.69) is 187 Å². The summed E-state index contributed by atoms with van der Waals surface area (Å²) >= 11 is 0. The highest BCUT2D eigenvalue weighted by atomic mass is 15.2. The Labute approximate surface area is 301 Å². The molecule has 0 unspecified atom stereocenters. The highest BCUT2D eigenvalue weighted by molar-refractivity contribution is 6.12. The highest BCUT2D eigenvalue weighted by Crippen LogP contribution is 2.38. The van der Waals surface area contributed by atoms with Gasteiger partial charge in [-0.05, 0) is 73.5 Å². The van der Waals surface area contributed by atoms with Crippen LogP contribution in [0, 0.1) is 13.8 Å². The molecule has 10 aromatic rings. The first-order valence-corrected chi connectivity index (χ1v) is 17.6. The Morgan fingerprint density at radius 3 is 1.31 bits per heavy atom. The minimum Gasteiger partial charge on any atom is -0.309 e. The molecule has 0 amide bonds. The largest absolute Gasteiger partial charge is 0.309 e. The topological polar surface area (TPSA) is 48.5 Å². The lowest BCUT2D eigenvalue weighted by molar-refractivity contribution is 0.953. The summed E-state index contributed by atoms with van der Waals surface area (Å²) in [6.45, 7) is 4.18. The Bertz CT molecular complexity index is 2890. The molecule has 0 radical (unpaired) electrons. The molecule has 10 rings (SSSR count). The molecule has 0 atom stereocenters. The molecule has 0 saturated heterocycles. The van der Waals surface area contributed by atoms with Crippen molar-refractivity contribution in [1.29, 1.82) is 0 Å². The SMILES string of the molecule is Cc1ccc(-c2nc(-c3ccc(C)cc3)nc(-n3c4ccccc4c4cc(-c5ccc6c(c5)c5ccccc5n6-c5ccccc5)ccc43)n2)cc1. The van der Waals surface area contributed by atoms with Gasteiger partial charge in [0, 0.05) is 38.4 Å². The number of hydrogen-bond donors (Lipinski definition) is 0. The molecule has 0 aliphatic rings. The fraction of sp³-hybridized carbons (Fsp3) is 0.0426. The second-order valence-electron chi connectivity index (χ2n) is 13.5. The van der Waals surface area contributed by atoms with Crippen molar-refractivity contribution in [3.63, 3.8) is 0 Å². The molecule has 0 aliphatic carbocycles. The summed E-state index contributed by atoms with van der Waals surface area (Å²) < 4.78 is 4.54. The van der Waals surface area contributed by atoms with Gasteiger partial charge in [0.15, 0.2) is 11.6 Å². The standard InChI is InChI=1S/C47H33N5/c1-30-16-20-32(21-17-30)45-48-46(33-22-18-31(2)19-23-33)50-47(49-45)52-42-15-9-7-13-38(42)40-29-35(25-27-44(40)52)34-24-26-43-39(28-34)37-12-6-8-14-41(37)51(43)36-10-4-3-5-11-36/h3-29H,1-2H3. The number of para-hydroxylation sites is 3. The summed E-state index contributed by atoms with van der Waals surface area (Å²) in [6.07, 6.45) is 0. The van der Waals surface area contributed by atoms with Crippen LogP contribution in [0.2, 0.25) is 0 Å².